The third kappa shape index (κ3) is 3.95. The number of hydrogen-bond acceptors (Lipinski definition) is 5. The van der Waals surface area contributed by atoms with Crippen LogP contribution in [0, 0.1) is 10.1 Å². The number of aromatic hydroxyl groups is 1. The van der Waals surface area contributed by atoms with Crippen molar-refractivity contribution < 1.29 is 14.8 Å². The van der Waals surface area contributed by atoms with Crippen LogP contribution in [-0.2, 0) is 11.3 Å². The normalized spacial score (nSPS) is 10.5. The fraction of sp³-hybridized carbons (Fsp3) is 0.167. The molecule has 0 aliphatic heterocycles. The van der Waals surface area contributed by atoms with Gasteiger partial charge >= 0.3 is 5.82 Å². The molecule has 2 N–H and O–H groups in total. The van der Waals surface area contributed by atoms with Crippen LogP contribution in [0.5, 0.6) is 5.75 Å². The highest BCUT2D eigenvalue weighted by Gasteiger charge is 2.19. The number of phenols is 1. The second kappa shape index (κ2) is 6.75. The van der Waals surface area contributed by atoms with Crippen LogP contribution in [0.25, 0.3) is 0 Å². The van der Waals surface area contributed by atoms with Gasteiger partial charge in [0.15, 0.2) is 0 Å². The van der Waals surface area contributed by atoms with Gasteiger partial charge in [-0.25, -0.2) is 0 Å². The third-order valence-corrected chi connectivity index (χ3v) is 3.47. The zero-order valence-corrected chi connectivity index (χ0v) is 13.3. The summed E-state index contributed by atoms with van der Waals surface area (Å²) in [7, 11) is 0. The summed E-state index contributed by atoms with van der Waals surface area (Å²) in [6.45, 7) is 0.152. The van der Waals surface area contributed by atoms with Gasteiger partial charge in [-0.15, -0.1) is 0 Å². The van der Waals surface area contributed by atoms with E-state index in [1.165, 1.54) is 29.1 Å². The zero-order valence-electron chi connectivity index (χ0n) is 11.0. The van der Waals surface area contributed by atoms with E-state index < -0.39 is 4.92 Å². The summed E-state index contributed by atoms with van der Waals surface area (Å²) >= 11 is 8.80. The van der Waals surface area contributed by atoms with Gasteiger partial charge < -0.3 is 20.5 Å². The molecule has 0 unspecified atom stereocenters. The first-order valence-corrected chi connectivity index (χ1v) is 7.19. The Morgan fingerprint density at radius 1 is 1.55 bits per heavy atom. The van der Waals surface area contributed by atoms with Crippen molar-refractivity contribution >= 4 is 44.9 Å². The Labute approximate surface area is 138 Å². The lowest BCUT2D eigenvalue weighted by Crippen LogP contribution is -2.15. The van der Waals surface area contributed by atoms with Gasteiger partial charge in [0.1, 0.15) is 10.2 Å². The van der Waals surface area contributed by atoms with Crippen molar-refractivity contribution in [3.05, 3.63) is 44.0 Å². The van der Waals surface area contributed by atoms with E-state index in [-0.39, 0.29) is 40.6 Å². The van der Waals surface area contributed by atoms with E-state index in [1.807, 2.05) is 0 Å². The zero-order chi connectivity index (χ0) is 16.3. The maximum Gasteiger partial charge on any atom is 0.404 e. The quantitative estimate of drug-likeness (QED) is 0.464. The van der Waals surface area contributed by atoms with Gasteiger partial charge in [-0.3, -0.25) is 4.79 Å². The third-order valence-electron chi connectivity index (χ3n) is 2.67. The molecular weight excluding hydrogens is 380 g/mol. The number of benzene rings is 1. The molecular formula is C12H10BrClN4O4. The lowest BCUT2D eigenvalue weighted by molar-refractivity contribution is -0.390. The van der Waals surface area contributed by atoms with Crippen molar-refractivity contribution in [2.45, 2.75) is 13.0 Å². The van der Waals surface area contributed by atoms with Crippen molar-refractivity contribution in [3.8, 4) is 5.75 Å². The van der Waals surface area contributed by atoms with E-state index in [4.69, 9.17) is 11.6 Å². The fourth-order valence-electron chi connectivity index (χ4n) is 1.66. The predicted octanol–water partition coefficient (Wildman–Crippen LogP) is 2.94. The molecule has 0 radical (unpaired) electrons. The highest BCUT2D eigenvalue weighted by molar-refractivity contribution is 9.10. The molecule has 2 aromatic rings. The number of carbonyl (C=O) groups excluding carboxylic acids is 1. The molecule has 116 valence electrons. The number of phenolic OH excluding ortho intramolecular Hbond substituents is 1. The second-order valence-corrected chi connectivity index (χ2v) is 5.57. The van der Waals surface area contributed by atoms with Gasteiger partial charge in [-0.1, -0.05) is 11.6 Å². The number of halogens is 2. The van der Waals surface area contributed by atoms with Gasteiger partial charge in [0.25, 0.3) is 0 Å². The number of rotatable bonds is 5. The van der Waals surface area contributed by atoms with Crippen LogP contribution >= 0.6 is 27.5 Å². The number of nitrogens with one attached hydrogen (secondary N) is 1. The van der Waals surface area contributed by atoms with E-state index in [1.54, 1.807) is 0 Å². The minimum Gasteiger partial charge on any atom is -0.506 e. The van der Waals surface area contributed by atoms with Crippen LogP contribution in [-0.4, -0.2) is 25.7 Å². The number of aryl methyl sites for hydroxylation is 1. The monoisotopic (exact) mass is 388 g/mol. The maximum atomic E-state index is 11.8. The summed E-state index contributed by atoms with van der Waals surface area (Å²) in [6, 6.07) is 4.28. The van der Waals surface area contributed by atoms with E-state index in [9.17, 15) is 20.0 Å². The number of aromatic nitrogens is 2. The van der Waals surface area contributed by atoms with E-state index >= 15 is 0 Å². The highest BCUT2D eigenvalue weighted by Crippen LogP contribution is 2.26. The molecule has 8 nitrogen and oxygen atoms in total. The molecule has 0 saturated carbocycles. The fourth-order valence-corrected chi connectivity index (χ4v) is 2.29. The summed E-state index contributed by atoms with van der Waals surface area (Å²) in [5, 5.41) is 26.9. The number of nitrogens with zero attached hydrogens (tertiary/aromatic N) is 3. The number of nitro groups is 1. The highest BCUT2D eigenvalue weighted by atomic mass is 79.9. The molecule has 1 heterocycles. The standard InChI is InChI=1S/C12H10BrClN4O4/c13-8-6-17(16-12(8)18(21)22)4-3-11(20)15-9-5-7(14)1-2-10(9)19/h1-2,5-6,19H,3-4H2,(H,15,20). The Kier molecular flexibility index (Phi) is 4.99. The molecule has 0 saturated heterocycles. The minimum atomic E-state index is -0.620. The van der Waals surface area contributed by atoms with Crippen LogP contribution in [0.2, 0.25) is 5.02 Å². The Hall–Kier alpha value is -2.13. The molecule has 1 aromatic carbocycles. The van der Waals surface area contributed by atoms with Crippen LogP contribution in [0.3, 0.4) is 0 Å². The first-order chi connectivity index (χ1) is 10.4. The van der Waals surface area contributed by atoms with Crippen molar-refractivity contribution in [1.82, 2.24) is 9.78 Å². The molecule has 10 heteroatoms. The van der Waals surface area contributed by atoms with Gasteiger partial charge in [0.05, 0.1) is 23.5 Å². The Morgan fingerprint density at radius 2 is 2.27 bits per heavy atom. The molecule has 0 atom stereocenters. The summed E-state index contributed by atoms with van der Waals surface area (Å²) in [4.78, 5) is 21.9. The van der Waals surface area contributed by atoms with Crippen LogP contribution in [0.15, 0.2) is 28.9 Å². The first kappa shape index (κ1) is 16.2. The summed E-state index contributed by atoms with van der Waals surface area (Å²) in [5.74, 6) is -0.796. The number of hydrogen-bond donors (Lipinski definition) is 2. The summed E-state index contributed by atoms with van der Waals surface area (Å²) in [5.41, 5.74) is 0.199. The van der Waals surface area contributed by atoms with Crippen molar-refractivity contribution in [1.29, 1.82) is 0 Å². The molecule has 2 rings (SSSR count). The lowest BCUT2D eigenvalue weighted by atomic mass is 10.3. The Balaban J connectivity index is 1.97. The van der Waals surface area contributed by atoms with E-state index in [0.29, 0.717) is 5.02 Å². The van der Waals surface area contributed by atoms with Crippen LogP contribution in [0.4, 0.5) is 11.5 Å². The first-order valence-electron chi connectivity index (χ1n) is 6.02. The number of carbonyl (C=O) groups is 1. The Morgan fingerprint density at radius 3 is 2.91 bits per heavy atom. The predicted molar refractivity (Wildman–Crippen MR) is 82.9 cm³/mol. The average molecular weight is 390 g/mol. The molecule has 0 aliphatic rings. The van der Waals surface area contributed by atoms with E-state index in [2.05, 4.69) is 26.3 Å². The van der Waals surface area contributed by atoms with Crippen molar-refractivity contribution in [3.63, 3.8) is 0 Å². The SMILES string of the molecule is O=C(CCn1cc(Br)c([N+](=O)[O-])n1)Nc1cc(Cl)ccc1O. The molecule has 0 spiro atoms. The molecule has 22 heavy (non-hydrogen) atoms. The topological polar surface area (TPSA) is 110 Å². The molecule has 1 amide bonds. The number of anilines is 1. The smallest absolute Gasteiger partial charge is 0.404 e. The maximum absolute atomic E-state index is 11.8. The molecule has 0 fully saturated rings. The largest absolute Gasteiger partial charge is 0.506 e. The Bertz CT molecular complexity index is 734. The van der Waals surface area contributed by atoms with Crippen LogP contribution < -0.4 is 5.32 Å². The molecule has 0 bridgehead atoms. The van der Waals surface area contributed by atoms with Crippen molar-refractivity contribution in [2.24, 2.45) is 0 Å². The molecule has 1 aromatic heterocycles. The average Bonchev–Trinajstić information content (AvgIpc) is 2.82. The number of amides is 1. The van der Waals surface area contributed by atoms with Gasteiger partial charge in [0.2, 0.25) is 5.91 Å². The van der Waals surface area contributed by atoms with Gasteiger partial charge in [0, 0.05) is 11.4 Å². The van der Waals surface area contributed by atoms with Crippen molar-refractivity contribution in [2.75, 3.05) is 5.32 Å². The van der Waals surface area contributed by atoms with Gasteiger partial charge in [-0.05, 0) is 39.1 Å². The summed E-state index contributed by atoms with van der Waals surface area (Å²) in [6.07, 6.45) is 1.44. The second-order valence-electron chi connectivity index (χ2n) is 4.28. The molecule has 0 aliphatic carbocycles. The lowest BCUT2D eigenvalue weighted by Gasteiger charge is -2.07. The van der Waals surface area contributed by atoms with Crippen LogP contribution in [0.1, 0.15) is 6.42 Å². The summed E-state index contributed by atoms with van der Waals surface area (Å²) < 4.78 is 1.53. The van der Waals surface area contributed by atoms with E-state index in [0.717, 1.165) is 0 Å². The minimum absolute atomic E-state index is 0.0250. The van der Waals surface area contributed by atoms with Gasteiger partial charge in [-0.2, -0.15) is 4.68 Å².